The number of hydrogen-bond donors (Lipinski definition) is 1. The predicted molar refractivity (Wildman–Crippen MR) is 106 cm³/mol. The lowest BCUT2D eigenvalue weighted by Gasteiger charge is -2.32. The van der Waals surface area contributed by atoms with Crippen molar-refractivity contribution < 1.29 is 19.2 Å². The van der Waals surface area contributed by atoms with Gasteiger partial charge >= 0.3 is 0 Å². The third kappa shape index (κ3) is 4.89. The van der Waals surface area contributed by atoms with Crippen LogP contribution in [0.2, 0.25) is 0 Å². The average molecular weight is 386 g/mol. The van der Waals surface area contributed by atoms with E-state index in [9.17, 15) is 4.79 Å². The van der Waals surface area contributed by atoms with E-state index < -0.39 is 0 Å². The summed E-state index contributed by atoms with van der Waals surface area (Å²) in [6, 6.07) is 7.55. The number of rotatable bonds is 7. The van der Waals surface area contributed by atoms with Gasteiger partial charge in [-0.1, -0.05) is 6.07 Å². The zero-order valence-corrected chi connectivity index (χ0v) is 16.7. The van der Waals surface area contributed by atoms with E-state index in [1.807, 2.05) is 31.3 Å². The van der Waals surface area contributed by atoms with Crippen LogP contribution in [0.1, 0.15) is 5.56 Å². The van der Waals surface area contributed by atoms with Crippen molar-refractivity contribution in [3.8, 4) is 11.5 Å². The van der Waals surface area contributed by atoms with Gasteiger partial charge in [0.1, 0.15) is 0 Å². The number of hydrogen-bond acceptors (Lipinski definition) is 6. The summed E-state index contributed by atoms with van der Waals surface area (Å²) in [5.41, 5.74) is 1.01. The molecule has 1 N–H and O–H groups in total. The number of quaternary nitrogens is 1. The van der Waals surface area contributed by atoms with E-state index >= 15 is 0 Å². The number of nitrogens with zero attached hydrogens (tertiary/aromatic N) is 4. The average Bonchev–Trinajstić information content (AvgIpc) is 2.74. The molecule has 0 atom stereocenters. The van der Waals surface area contributed by atoms with Crippen LogP contribution in [0.5, 0.6) is 11.5 Å². The first-order valence-electron chi connectivity index (χ1n) is 9.41. The third-order valence-electron chi connectivity index (χ3n) is 5.00. The van der Waals surface area contributed by atoms with Crippen molar-refractivity contribution in [3.05, 3.63) is 42.2 Å². The van der Waals surface area contributed by atoms with Crippen molar-refractivity contribution in [1.82, 2.24) is 14.9 Å². The van der Waals surface area contributed by atoms with Gasteiger partial charge in [0.15, 0.2) is 18.0 Å². The maximum atomic E-state index is 12.7. The lowest BCUT2D eigenvalue weighted by atomic mass is 10.2. The smallest absolute Gasteiger partial charge is 0.277 e. The van der Waals surface area contributed by atoms with E-state index in [0.717, 1.165) is 37.7 Å². The number of anilines is 1. The van der Waals surface area contributed by atoms with E-state index in [1.54, 1.807) is 31.5 Å². The highest BCUT2D eigenvalue weighted by atomic mass is 16.5. The first-order chi connectivity index (χ1) is 13.6. The highest BCUT2D eigenvalue weighted by Crippen LogP contribution is 2.27. The van der Waals surface area contributed by atoms with Crippen LogP contribution in [0.3, 0.4) is 0 Å². The molecule has 0 spiro atoms. The maximum absolute atomic E-state index is 12.7. The van der Waals surface area contributed by atoms with Crippen LogP contribution in [0.4, 0.5) is 5.95 Å². The normalized spacial score (nSPS) is 14.6. The first-order valence-corrected chi connectivity index (χ1v) is 9.41. The Kier molecular flexibility index (Phi) is 6.65. The fourth-order valence-electron chi connectivity index (χ4n) is 3.34. The highest BCUT2D eigenvalue weighted by Gasteiger charge is 2.24. The molecule has 1 fully saturated rings. The summed E-state index contributed by atoms with van der Waals surface area (Å²) in [5, 5.41) is 0. The van der Waals surface area contributed by atoms with Crippen molar-refractivity contribution in [3.63, 3.8) is 0 Å². The minimum Gasteiger partial charge on any atom is -0.493 e. The second kappa shape index (κ2) is 9.36. The molecule has 1 aromatic heterocycles. The topological polar surface area (TPSA) is 72.2 Å². The Morgan fingerprint density at radius 3 is 2.46 bits per heavy atom. The molecule has 8 nitrogen and oxygen atoms in total. The Balaban J connectivity index is 1.50. The second-order valence-electron chi connectivity index (χ2n) is 6.90. The highest BCUT2D eigenvalue weighted by molar-refractivity contribution is 5.76. The first kappa shape index (κ1) is 19.9. The summed E-state index contributed by atoms with van der Waals surface area (Å²) in [4.78, 5) is 26.5. The van der Waals surface area contributed by atoms with Crippen LogP contribution in [-0.2, 0) is 11.3 Å². The Labute approximate surface area is 165 Å². The monoisotopic (exact) mass is 386 g/mol. The van der Waals surface area contributed by atoms with Crippen LogP contribution in [0.15, 0.2) is 36.7 Å². The van der Waals surface area contributed by atoms with Gasteiger partial charge in [-0.05, 0) is 23.8 Å². The van der Waals surface area contributed by atoms with E-state index in [2.05, 4.69) is 14.9 Å². The molecule has 8 heteroatoms. The Morgan fingerprint density at radius 2 is 1.82 bits per heavy atom. The van der Waals surface area contributed by atoms with E-state index in [-0.39, 0.29) is 5.91 Å². The number of carbonyl (C=O) groups is 1. The Morgan fingerprint density at radius 1 is 1.14 bits per heavy atom. The largest absolute Gasteiger partial charge is 0.493 e. The lowest BCUT2D eigenvalue weighted by Crippen LogP contribution is -3.15. The Bertz CT molecular complexity index is 779. The third-order valence-corrected chi connectivity index (χ3v) is 5.00. The molecule has 0 saturated carbocycles. The molecule has 0 radical (unpaired) electrons. The number of piperazine rings is 1. The van der Waals surface area contributed by atoms with Crippen molar-refractivity contribution in [2.45, 2.75) is 6.54 Å². The van der Waals surface area contributed by atoms with Crippen LogP contribution >= 0.6 is 0 Å². The van der Waals surface area contributed by atoms with Gasteiger partial charge in [0.2, 0.25) is 5.95 Å². The molecule has 1 amide bonds. The van der Waals surface area contributed by atoms with Crippen molar-refractivity contribution in [2.75, 3.05) is 58.9 Å². The van der Waals surface area contributed by atoms with Crippen molar-refractivity contribution in [2.24, 2.45) is 0 Å². The lowest BCUT2D eigenvalue weighted by molar-refractivity contribution is -0.892. The predicted octanol–water partition coefficient (Wildman–Crippen LogP) is -0.143. The molecule has 28 heavy (non-hydrogen) atoms. The number of methoxy groups -OCH3 is 2. The number of benzene rings is 1. The fraction of sp³-hybridized carbons (Fsp3) is 0.450. The quantitative estimate of drug-likeness (QED) is 0.714. The standard InChI is InChI=1S/C20H27N5O3/c1-23(14-16-5-6-17(27-2)18(13-16)28-3)19(26)15-24-9-11-25(12-10-24)20-21-7-4-8-22-20/h4-8,13H,9-12,14-15H2,1-3H3/p+1. The summed E-state index contributed by atoms with van der Waals surface area (Å²) in [6.45, 7) is 4.53. The molecule has 3 rings (SSSR count). The van der Waals surface area contributed by atoms with Crippen LogP contribution in [-0.4, -0.2) is 74.8 Å². The van der Waals surface area contributed by atoms with E-state index in [4.69, 9.17) is 9.47 Å². The van der Waals surface area contributed by atoms with Crippen LogP contribution in [0, 0.1) is 0 Å². The second-order valence-corrected chi connectivity index (χ2v) is 6.90. The summed E-state index contributed by atoms with van der Waals surface area (Å²) < 4.78 is 10.6. The molecule has 0 unspecified atom stereocenters. The molecule has 0 aliphatic carbocycles. The molecule has 1 aliphatic heterocycles. The van der Waals surface area contributed by atoms with Crippen molar-refractivity contribution >= 4 is 11.9 Å². The number of nitrogens with one attached hydrogen (secondary N) is 1. The number of amides is 1. The molecule has 1 saturated heterocycles. The molecule has 150 valence electrons. The number of aromatic nitrogens is 2. The molecule has 1 aromatic carbocycles. The zero-order chi connectivity index (χ0) is 19.9. The summed E-state index contributed by atoms with van der Waals surface area (Å²) >= 11 is 0. The molecular formula is C20H28N5O3+. The van der Waals surface area contributed by atoms with E-state index in [1.165, 1.54) is 4.90 Å². The maximum Gasteiger partial charge on any atom is 0.277 e. The Hall–Kier alpha value is -2.87. The summed E-state index contributed by atoms with van der Waals surface area (Å²) in [7, 11) is 5.06. The molecule has 2 heterocycles. The van der Waals surface area contributed by atoms with Gasteiger partial charge in [0.25, 0.3) is 5.91 Å². The zero-order valence-electron chi connectivity index (χ0n) is 16.7. The van der Waals surface area contributed by atoms with Gasteiger partial charge in [-0.2, -0.15) is 0 Å². The summed E-state index contributed by atoms with van der Waals surface area (Å²) in [5.74, 6) is 2.25. The molecule has 2 aromatic rings. The summed E-state index contributed by atoms with van der Waals surface area (Å²) in [6.07, 6.45) is 3.52. The van der Waals surface area contributed by atoms with Gasteiger partial charge in [-0.3, -0.25) is 4.79 Å². The number of carbonyl (C=O) groups excluding carboxylic acids is 1. The van der Waals surface area contributed by atoms with Crippen molar-refractivity contribution in [1.29, 1.82) is 0 Å². The fourth-order valence-corrected chi connectivity index (χ4v) is 3.34. The van der Waals surface area contributed by atoms with Gasteiger partial charge in [0.05, 0.1) is 40.4 Å². The minimum atomic E-state index is 0.134. The van der Waals surface area contributed by atoms with E-state index in [0.29, 0.717) is 24.6 Å². The van der Waals surface area contributed by atoms with Gasteiger partial charge in [-0.25, -0.2) is 9.97 Å². The van der Waals surface area contributed by atoms with Crippen LogP contribution in [0.25, 0.3) is 0 Å². The van der Waals surface area contributed by atoms with Gasteiger partial charge in [0, 0.05) is 26.0 Å². The van der Waals surface area contributed by atoms with Gasteiger partial charge < -0.3 is 24.2 Å². The number of ether oxygens (including phenoxy) is 2. The van der Waals surface area contributed by atoms with Crippen LogP contribution < -0.4 is 19.3 Å². The minimum absolute atomic E-state index is 0.134. The molecular weight excluding hydrogens is 358 g/mol. The SMILES string of the molecule is COc1ccc(CN(C)C(=O)C[NH+]2CCN(c3ncccn3)CC2)cc1OC. The number of likely N-dealkylation sites (N-methyl/N-ethyl adjacent to an activating group) is 1. The molecule has 1 aliphatic rings. The van der Waals surface area contributed by atoms with Gasteiger partial charge in [-0.15, -0.1) is 0 Å². The molecule has 0 bridgehead atoms.